The second kappa shape index (κ2) is 14.9. The Morgan fingerprint density at radius 3 is 2.21 bits per heavy atom. The first kappa shape index (κ1) is 32.6. The van der Waals surface area contributed by atoms with Crippen molar-refractivity contribution in [3.63, 3.8) is 0 Å². The zero-order valence-corrected chi connectivity index (χ0v) is 26.7. The fourth-order valence-corrected chi connectivity index (χ4v) is 6.71. The van der Waals surface area contributed by atoms with Crippen LogP contribution < -0.4 is 14.4 Å². The molecule has 1 fully saturated rings. The summed E-state index contributed by atoms with van der Waals surface area (Å²) in [6.45, 7) is -0.499. The molecule has 0 bridgehead atoms. The van der Waals surface area contributed by atoms with E-state index < -0.39 is 28.5 Å². The van der Waals surface area contributed by atoms with Crippen LogP contribution in [-0.4, -0.2) is 57.1 Å². The van der Waals surface area contributed by atoms with E-state index in [1.165, 1.54) is 23.1 Å². The largest absolute Gasteiger partial charge is 0.497 e. The molecule has 1 aliphatic carbocycles. The van der Waals surface area contributed by atoms with Crippen molar-refractivity contribution in [2.24, 2.45) is 0 Å². The van der Waals surface area contributed by atoms with E-state index in [2.05, 4.69) is 5.32 Å². The number of carbonyl (C=O) groups excluding carboxylic acids is 2. The van der Waals surface area contributed by atoms with Crippen LogP contribution in [-0.2, 0) is 32.6 Å². The van der Waals surface area contributed by atoms with Gasteiger partial charge in [0, 0.05) is 29.1 Å². The van der Waals surface area contributed by atoms with Gasteiger partial charge in [0.1, 0.15) is 18.3 Å². The Kier molecular flexibility index (Phi) is 11.3. The first-order valence-electron chi connectivity index (χ1n) is 14.2. The Morgan fingerprint density at radius 1 is 0.930 bits per heavy atom. The van der Waals surface area contributed by atoms with Gasteiger partial charge in [0.25, 0.3) is 0 Å². The molecule has 2 amide bonds. The molecule has 1 N–H and O–H groups in total. The summed E-state index contributed by atoms with van der Waals surface area (Å²) in [5.74, 6) is -0.227. The average molecular weight is 647 g/mol. The fourth-order valence-electron chi connectivity index (χ4n) is 5.36. The molecule has 1 atom stereocenters. The maximum absolute atomic E-state index is 14.3. The van der Waals surface area contributed by atoms with Gasteiger partial charge in [-0.2, -0.15) is 0 Å². The molecular weight excluding hydrogens is 609 g/mol. The summed E-state index contributed by atoms with van der Waals surface area (Å²) in [6.07, 6.45) is 6.22. The van der Waals surface area contributed by atoms with Crippen LogP contribution in [0.1, 0.15) is 43.2 Å². The number of rotatable bonds is 12. The number of benzene rings is 3. The van der Waals surface area contributed by atoms with Crippen molar-refractivity contribution in [3.05, 3.63) is 94.0 Å². The van der Waals surface area contributed by atoms with Crippen LogP contribution in [0.3, 0.4) is 0 Å². The zero-order chi connectivity index (χ0) is 31.0. The van der Waals surface area contributed by atoms with Crippen LogP contribution in [0.2, 0.25) is 10.0 Å². The van der Waals surface area contributed by atoms with Gasteiger partial charge in [-0.05, 0) is 54.3 Å². The molecule has 230 valence electrons. The smallest absolute Gasteiger partial charge is 0.244 e. The second-order valence-electron chi connectivity index (χ2n) is 10.8. The first-order chi connectivity index (χ1) is 20.5. The summed E-state index contributed by atoms with van der Waals surface area (Å²) in [5, 5.41) is 3.64. The van der Waals surface area contributed by atoms with E-state index >= 15 is 0 Å². The van der Waals surface area contributed by atoms with Crippen LogP contribution in [0.5, 0.6) is 5.75 Å². The first-order valence-corrected chi connectivity index (χ1v) is 16.8. The molecule has 8 nitrogen and oxygen atoms in total. The Hall–Kier alpha value is -3.27. The lowest BCUT2D eigenvalue weighted by atomic mass is 9.94. The van der Waals surface area contributed by atoms with Gasteiger partial charge in [0.05, 0.1) is 19.1 Å². The Labute approximate surface area is 264 Å². The van der Waals surface area contributed by atoms with Crippen LogP contribution in [0, 0.1) is 0 Å². The summed E-state index contributed by atoms with van der Waals surface area (Å²) in [5.41, 5.74) is 1.75. The minimum atomic E-state index is -3.94. The van der Waals surface area contributed by atoms with Crippen LogP contribution in [0.15, 0.2) is 72.8 Å². The van der Waals surface area contributed by atoms with Crippen molar-refractivity contribution in [1.82, 2.24) is 10.2 Å². The second-order valence-corrected chi connectivity index (χ2v) is 13.6. The number of methoxy groups -OCH3 is 1. The lowest BCUT2D eigenvalue weighted by Gasteiger charge is -2.35. The van der Waals surface area contributed by atoms with Crippen molar-refractivity contribution in [3.8, 4) is 5.75 Å². The molecule has 3 aromatic carbocycles. The molecule has 0 saturated heterocycles. The molecule has 0 spiro atoms. The monoisotopic (exact) mass is 645 g/mol. The number of amides is 2. The van der Waals surface area contributed by atoms with Gasteiger partial charge in [-0.1, -0.05) is 84.9 Å². The van der Waals surface area contributed by atoms with Gasteiger partial charge in [-0.3, -0.25) is 13.9 Å². The average Bonchev–Trinajstić information content (AvgIpc) is 2.97. The lowest BCUT2D eigenvalue weighted by Crippen LogP contribution is -2.55. The number of carbonyl (C=O) groups is 2. The summed E-state index contributed by atoms with van der Waals surface area (Å²) in [7, 11) is -2.39. The third-order valence-corrected chi connectivity index (χ3v) is 9.10. The summed E-state index contributed by atoms with van der Waals surface area (Å²) in [4.78, 5) is 29.8. The minimum absolute atomic E-state index is 0.0226. The van der Waals surface area contributed by atoms with Crippen LogP contribution in [0.4, 0.5) is 5.69 Å². The van der Waals surface area contributed by atoms with Crippen LogP contribution in [0.25, 0.3) is 0 Å². The van der Waals surface area contributed by atoms with Crippen molar-refractivity contribution in [2.45, 2.75) is 57.2 Å². The summed E-state index contributed by atoms with van der Waals surface area (Å²) >= 11 is 12.4. The quantitative estimate of drug-likeness (QED) is 0.266. The molecule has 0 aromatic heterocycles. The highest BCUT2D eigenvalue weighted by molar-refractivity contribution is 7.92. The van der Waals surface area contributed by atoms with Gasteiger partial charge >= 0.3 is 0 Å². The highest BCUT2D eigenvalue weighted by Crippen LogP contribution is 2.28. The van der Waals surface area contributed by atoms with Crippen molar-refractivity contribution in [2.75, 3.05) is 24.2 Å². The highest BCUT2D eigenvalue weighted by Gasteiger charge is 2.34. The predicted octanol–water partition coefficient (Wildman–Crippen LogP) is 5.86. The normalized spacial score (nSPS) is 14.5. The fraction of sp³-hybridized carbons (Fsp3) is 0.375. The molecular formula is C32H37Cl2N3O5S. The maximum atomic E-state index is 14.3. The number of sulfonamides is 1. The van der Waals surface area contributed by atoms with Crippen LogP contribution >= 0.6 is 23.2 Å². The highest BCUT2D eigenvalue weighted by atomic mass is 35.5. The maximum Gasteiger partial charge on any atom is 0.244 e. The molecule has 0 radical (unpaired) electrons. The van der Waals surface area contributed by atoms with Crippen molar-refractivity contribution < 1.29 is 22.7 Å². The van der Waals surface area contributed by atoms with E-state index in [9.17, 15) is 18.0 Å². The SMILES string of the molecule is COc1cccc(CN(C(=O)CN(c2cc(Cl)cc(Cl)c2)S(C)(=O)=O)C(Cc2ccccc2)C(=O)NC2CCCCC2)c1. The summed E-state index contributed by atoms with van der Waals surface area (Å²) in [6, 6.07) is 20.2. The van der Waals surface area contributed by atoms with E-state index in [1.807, 2.05) is 42.5 Å². The molecule has 11 heteroatoms. The third kappa shape index (κ3) is 9.36. The molecule has 43 heavy (non-hydrogen) atoms. The number of nitrogens with zero attached hydrogens (tertiary/aromatic N) is 2. The zero-order valence-electron chi connectivity index (χ0n) is 24.3. The number of ether oxygens (including phenoxy) is 1. The van der Waals surface area contributed by atoms with Crippen molar-refractivity contribution in [1.29, 1.82) is 0 Å². The number of hydrogen-bond acceptors (Lipinski definition) is 5. The lowest BCUT2D eigenvalue weighted by molar-refractivity contribution is -0.140. The molecule has 1 saturated carbocycles. The third-order valence-electron chi connectivity index (χ3n) is 7.52. The van der Waals surface area contributed by atoms with Gasteiger partial charge in [0.2, 0.25) is 21.8 Å². The Bertz CT molecular complexity index is 1490. The van der Waals surface area contributed by atoms with Gasteiger partial charge in [0.15, 0.2) is 0 Å². The van der Waals surface area contributed by atoms with Gasteiger partial charge in [-0.15, -0.1) is 0 Å². The van der Waals surface area contributed by atoms with E-state index in [1.54, 1.807) is 19.2 Å². The van der Waals surface area contributed by atoms with E-state index in [0.29, 0.717) is 5.75 Å². The minimum Gasteiger partial charge on any atom is -0.497 e. The van der Waals surface area contributed by atoms with Gasteiger partial charge < -0.3 is 15.0 Å². The molecule has 0 heterocycles. The number of anilines is 1. The molecule has 1 unspecified atom stereocenters. The summed E-state index contributed by atoms with van der Waals surface area (Å²) < 4.78 is 32.3. The van der Waals surface area contributed by atoms with E-state index in [-0.39, 0.29) is 40.6 Å². The standard InChI is InChI=1S/C32H37Cl2N3O5S/c1-42-29-15-9-12-24(16-29)21-36(31(38)22-37(43(2,40)41)28-19-25(33)18-26(34)20-28)30(17-23-10-5-3-6-11-23)32(39)35-27-13-7-4-8-14-27/h3,5-6,9-12,15-16,18-20,27,30H,4,7-8,13-14,17,21-22H2,1-2H3,(H,35,39). The van der Waals surface area contributed by atoms with E-state index in [0.717, 1.165) is 53.8 Å². The number of nitrogens with one attached hydrogen (secondary N) is 1. The molecule has 4 rings (SSSR count). The molecule has 0 aliphatic heterocycles. The van der Waals surface area contributed by atoms with Crippen molar-refractivity contribution >= 4 is 50.7 Å². The predicted molar refractivity (Wildman–Crippen MR) is 171 cm³/mol. The Morgan fingerprint density at radius 2 is 1.58 bits per heavy atom. The Balaban J connectivity index is 1.74. The topological polar surface area (TPSA) is 96.0 Å². The van der Waals surface area contributed by atoms with Gasteiger partial charge in [-0.25, -0.2) is 8.42 Å². The number of hydrogen-bond donors (Lipinski definition) is 1. The molecule has 3 aromatic rings. The number of halogens is 2. The van der Waals surface area contributed by atoms with E-state index in [4.69, 9.17) is 27.9 Å². The molecule has 1 aliphatic rings.